The average molecular weight is 465 g/mol. The highest BCUT2D eigenvalue weighted by atomic mass is 127. The Morgan fingerprint density at radius 3 is 2.58 bits per heavy atom. The van der Waals surface area contributed by atoms with Gasteiger partial charge in [0.05, 0.1) is 5.00 Å². The van der Waals surface area contributed by atoms with E-state index < -0.39 is 0 Å². The number of hydrogen-bond acceptors (Lipinski definition) is 4. The van der Waals surface area contributed by atoms with Crippen LogP contribution in [0.15, 0.2) is 22.5 Å². The zero-order chi connectivity index (χ0) is 16.5. The van der Waals surface area contributed by atoms with Crippen LogP contribution in [-0.4, -0.2) is 63.1 Å². The number of rotatable bonds is 6. The highest BCUT2D eigenvalue weighted by molar-refractivity contribution is 14.0. The molecule has 0 atom stereocenters. The van der Waals surface area contributed by atoms with E-state index in [9.17, 15) is 4.79 Å². The van der Waals surface area contributed by atoms with Gasteiger partial charge in [-0.25, -0.2) is 0 Å². The van der Waals surface area contributed by atoms with Crippen LogP contribution in [0.25, 0.3) is 0 Å². The van der Waals surface area contributed by atoms with Gasteiger partial charge in [0.2, 0.25) is 5.91 Å². The van der Waals surface area contributed by atoms with Crippen LogP contribution >= 0.6 is 35.3 Å². The van der Waals surface area contributed by atoms with Gasteiger partial charge in [-0.3, -0.25) is 9.79 Å². The minimum atomic E-state index is 0. The SMILES string of the molecule is CCCNC(=O)CCNC(=NC)N1CCN(c2cccs2)CC1.I. The second kappa shape index (κ2) is 11.5. The largest absolute Gasteiger partial charge is 0.360 e. The molecule has 0 aromatic carbocycles. The first kappa shape index (κ1) is 21.0. The number of carbonyl (C=O) groups is 1. The van der Waals surface area contributed by atoms with Gasteiger partial charge < -0.3 is 20.4 Å². The summed E-state index contributed by atoms with van der Waals surface area (Å²) in [6.07, 6.45) is 1.45. The highest BCUT2D eigenvalue weighted by Crippen LogP contribution is 2.22. The summed E-state index contributed by atoms with van der Waals surface area (Å²) in [5.74, 6) is 0.983. The highest BCUT2D eigenvalue weighted by Gasteiger charge is 2.20. The fourth-order valence-corrected chi connectivity index (χ4v) is 3.35. The van der Waals surface area contributed by atoms with Gasteiger partial charge in [0.25, 0.3) is 0 Å². The smallest absolute Gasteiger partial charge is 0.221 e. The molecular weight excluding hydrogens is 437 g/mol. The third-order valence-corrected chi connectivity index (χ3v) is 4.75. The number of halogens is 1. The third-order valence-electron chi connectivity index (χ3n) is 3.82. The van der Waals surface area contributed by atoms with E-state index in [-0.39, 0.29) is 29.9 Å². The molecule has 1 amide bonds. The van der Waals surface area contributed by atoms with Crippen LogP contribution in [0, 0.1) is 0 Å². The summed E-state index contributed by atoms with van der Waals surface area (Å²) in [7, 11) is 1.80. The van der Waals surface area contributed by atoms with Gasteiger partial charge >= 0.3 is 0 Å². The molecule has 1 fully saturated rings. The summed E-state index contributed by atoms with van der Waals surface area (Å²) < 4.78 is 0. The number of hydrogen-bond donors (Lipinski definition) is 2. The van der Waals surface area contributed by atoms with E-state index in [1.807, 2.05) is 0 Å². The molecule has 1 saturated heterocycles. The number of aliphatic imine (C=N–C) groups is 1. The van der Waals surface area contributed by atoms with Crippen LogP contribution in [0.2, 0.25) is 0 Å². The van der Waals surface area contributed by atoms with Crippen LogP contribution in [-0.2, 0) is 4.79 Å². The molecule has 1 aliphatic heterocycles. The van der Waals surface area contributed by atoms with Gasteiger partial charge in [-0.2, -0.15) is 0 Å². The predicted octanol–water partition coefficient (Wildman–Crippen LogP) is 1.98. The Hall–Kier alpha value is -1.03. The molecule has 2 heterocycles. The summed E-state index contributed by atoms with van der Waals surface area (Å²) in [5.41, 5.74) is 0. The molecule has 2 N–H and O–H groups in total. The molecule has 24 heavy (non-hydrogen) atoms. The van der Waals surface area contributed by atoms with Crippen molar-refractivity contribution in [2.24, 2.45) is 4.99 Å². The molecule has 1 aromatic heterocycles. The standard InChI is InChI=1S/C16H27N5OS.HI/c1-3-7-18-14(22)6-8-19-16(17-2)21-11-9-20(10-12-21)15-5-4-13-23-15;/h4-5,13H,3,6-12H2,1-2H3,(H,17,19)(H,18,22);1H. The minimum absolute atomic E-state index is 0. The second-order valence-corrected chi connectivity index (χ2v) is 6.43. The number of thiophene rings is 1. The van der Waals surface area contributed by atoms with Crippen LogP contribution in [0.1, 0.15) is 19.8 Å². The van der Waals surface area contributed by atoms with Gasteiger partial charge in [0.1, 0.15) is 0 Å². The summed E-state index contributed by atoms with van der Waals surface area (Å²) in [6.45, 7) is 7.30. The fraction of sp³-hybridized carbons (Fsp3) is 0.625. The van der Waals surface area contributed by atoms with E-state index in [4.69, 9.17) is 0 Å². The van der Waals surface area contributed by atoms with Crippen molar-refractivity contribution in [3.63, 3.8) is 0 Å². The Kier molecular flexibility index (Phi) is 10.1. The van der Waals surface area contributed by atoms with E-state index >= 15 is 0 Å². The Bertz CT molecular complexity index is 501. The number of nitrogens with one attached hydrogen (secondary N) is 2. The van der Waals surface area contributed by atoms with Crippen molar-refractivity contribution in [2.75, 3.05) is 51.2 Å². The van der Waals surface area contributed by atoms with Crippen molar-refractivity contribution in [2.45, 2.75) is 19.8 Å². The summed E-state index contributed by atoms with van der Waals surface area (Å²) >= 11 is 1.79. The monoisotopic (exact) mass is 465 g/mol. The zero-order valence-corrected chi connectivity index (χ0v) is 17.6. The maximum Gasteiger partial charge on any atom is 0.221 e. The quantitative estimate of drug-likeness (QED) is 0.383. The molecule has 0 radical (unpaired) electrons. The lowest BCUT2D eigenvalue weighted by Gasteiger charge is -2.37. The molecule has 1 aromatic rings. The molecule has 8 heteroatoms. The van der Waals surface area contributed by atoms with Crippen LogP contribution in [0.3, 0.4) is 0 Å². The first-order valence-corrected chi connectivity index (χ1v) is 9.13. The molecule has 0 unspecified atom stereocenters. The van der Waals surface area contributed by atoms with E-state index in [2.05, 4.69) is 49.9 Å². The summed E-state index contributed by atoms with van der Waals surface area (Å²) in [4.78, 5) is 20.6. The zero-order valence-electron chi connectivity index (χ0n) is 14.5. The van der Waals surface area contributed by atoms with Gasteiger partial charge in [-0.1, -0.05) is 6.92 Å². The van der Waals surface area contributed by atoms with E-state index in [1.54, 1.807) is 18.4 Å². The van der Waals surface area contributed by atoms with Crippen molar-refractivity contribution >= 4 is 52.2 Å². The lowest BCUT2D eigenvalue weighted by Crippen LogP contribution is -2.52. The number of amides is 1. The Labute approximate surface area is 165 Å². The number of guanidine groups is 1. The van der Waals surface area contributed by atoms with Gasteiger partial charge in [-0.05, 0) is 23.9 Å². The van der Waals surface area contributed by atoms with Gasteiger partial charge in [0, 0.05) is 52.7 Å². The van der Waals surface area contributed by atoms with Gasteiger partial charge in [0.15, 0.2) is 5.96 Å². The van der Waals surface area contributed by atoms with E-state index in [1.165, 1.54) is 5.00 Å². The van der Waals surface area contributed by atoms with Crippen LogP contribution < -0.4 is 15.5 Å². The maximum atomic E-state index is 11.6. The molecular formula is C16H28IN5OS. The Morgan fingerprint density at radius 1 is 1.25 bits per heavy atom. The second-order valence-electron chi connectivity index (χ2n) is 5.50. The maximum absolute atomic E-state index is 11.6. The van der Waals surface area contributed by atoms with E-state index in [0.717, 1.165) is 45.1 Å². The molecule has 1 aliphatic rings. The van der Waals surface area contributed by atoms with Crippen LogP contribution in [0.5, 0.6) is 0 Å². The number of anilines is 1. The van der Waals surface area contributed by atoms with Gasteiger partial charge in [-0.15, -0.1) is 35.3 Å². The predicted molar refractivity (Wildman–Crippen MR) is 113 cm³/mol. The third kappa shape index (κ3) is 6.46. The molecule has 0 aliphatic carbocycles. The lowest BCUT2D eigenvalue weighted by molar-refractivity contribution is -0.120. The molecule has 136 valence electrons. The normalized spacial score (nSPS) is 15.0. The first-order valence-electron chi connectivity index (χ1n) is 8.25. The van der Waals surface area contributed by atoms with Crippen molar-refractivity contribution in [1.82, 2.24) is 15.5 Å². The average Bonchev–Trinajstić information content (AvgIpc) is 3.12. The minimum Gasteiger partial charge on any atom is -0.360 e. The van der Waals surface area contributed by atoms with Crippen molar-refractivity contribution in [1.29, 1.82) is 0 Å². The molecule has 6 nitrogen and oxygen atoms in total. The molecule has 0 spiro atoms. The summed E-state index contributed by atoms with van der Waals surface area (Å²) in [5, 5.41) is 9.63. The fourth-order valence-electron chi connectivity index (χ4n) is 2.56. The topological polar surface area (TPSA) is 60.0 Å². The van der Waals surface area contributed by atoms with Crippen molar-refractivity contribution in [3.05, 3.63) is 17.5 Å². The number of carbonyl (C=O) groups excluding carboxylic acids is 1. The van der Waals surface area contributed by atoms with E-state index in [0.29, 0.717) is 13.0 Å². The number of nitrogens with zero attached hydrogens (tertiary/aromatic N) is 3. The number of piperazine rings is 1. The summed E-state index contributed by atoms with van der Waals surface area (Å²) in [6, 6.07) is 4.26. The Morgan fingerprint density at radius 2 is 2.00 bits per heavy atom. The lowest BCUT2D eigenvalue weighted by atomic mass is 10.3. The van der Waals surface area contributed by atoms with Crippen molar-refractivity contribution in [3.8, 4) is 0 Å². The van der Waals surface area contributed by atoms with Crippen LogP contribution in [0.4, 0.5) is 5.00 Å². The van der Waals surface area contributed by atoms with Crippen molar-refractivity contribution < 1.29 is 4.79 Å². The molecule has 0 saturated carbocycles. The molecule has 2 rings (SSSR count). The Balaban J connectivity index is 0.00000288. The molecule has 0 bridgehead atoms. The first-order chi connectivity index (χ1) is 11.2.